The second-order valence-corrected chi connectivity index (χ2v) is 5.64. The highest BCUT2D eigenvalue weighted by Crippen LogP contribution is 2.33. The maximum absolute atomic E-state index is 6.22. The van der Waals surface area contributed by atoms with E-state index in [2.05, 4.69) is 19.9 Å². The molecule has 0 aromatic heterocycles. The minimum Gasteiger partial charge on any atom is -0.489 e. The van der Waals surface area contributed by atoms with Crippen LogP contribution in [0, 0.1) is 0 Å². The Balaban J connectivity index is 2.95. The van der Waals surface area contributed by atoms with Crippen molar-refractivity contribution in [3.63, 3.8) is 0 Å². The molecule has 0 aliphatic heterocycles. The molecule has 0 saturated heterocycles. The minimum atomic E-state index is 0.0503. The van der Waals surface area contributed by atoms with Crippen LogP contribution < -0.4 is 10.5 Å². The van der Waals surface area contributed by atoms with Gasteiger partial charge in [0.1, 0.15) is 5.75 Å². The fourth-order valence-electron chi connectivity index (χ4n) is 1.78. The molecule has 0 unspecified atom stereocenters. The molecule has 0 fully saturated rings. The van der Waals surface area contributed by atoms with Gasteiger partial charge in [-0.2, -0.15) is 0 Å². The van der Waals surface area contributed by atoms with Gasteiger partial charge in [0.05, 0.1) is 11.1 Å². The molecule has 3 heteroatoms. The van der Waals surface area contributed by atoms with E-state index in [0.717, 1.165) is 12.2 Å². The van der Waals surface area contributed by atoms with E-state index in [1.54, 1.807) is 0 Å². The first-order valence-electron chi connectivity index (χ1n) is 6.03. The summed E-state index contributed by atoms with van der Waals surface area (Å²) in [6.45, 7) is 9.00. The number of hydrogen-bond acceptors (Lipinski definition) is 2. The Morgan fingerprint density at radius 2 is 2.00 bits per heavy atom. The van der Waals surface area contributed by atoms with Gasteiger partial charge in [-0.3, -0.25) is 0 Å². The highest BCUT2D eigenvalue weighted by atomic mass is 35.5. The Bertz CT molecular complexity index is 374. The SMILES string of the molecule is CC(C)Oc1ccc(C(C)(C)CCN)cc1Cl. The summed E-state index contributed by atoms with van der Waals surface area (Å²) in [5, 5.41) is 0.668. The maximum atomic E-state index is 6.22. The number of nitrogens with two attached hydrogens (primary N) is 1. The van der Waals surface area contributed by atoms with Crippen molar-refractivity contribution in [1.82, 2.24) is 0 Å². The summed E-state index contributed by atoms with van der Waals surface area (Å²) >= 11 is 6.22. The van der Waals surface area contributed by atoms with Crippen molar-refractivity contribution in [2.24, 2.45) is 5.73 Å². The van der Waals surface area contributed by atoms with Gasteiger partial charge in [0.25, 0.3) is 0 Å². The summed E-state index contributed by atoms with van der Waals surface area (Å²) in [6.07, 6.45) is 1.07. The van der Waals surface area contributed by atoms with Crippen LogP contribution in [0.2, 0.25) is 5.02 Å². The van der Waals surface area contributed by atoms with Crippen molar-refractivity contribution >= 4 is 11.6 Å². The number of rotatable bonds is 5. The van der Waals surface area contributed by atoms with Gasteiger partial charge in [-0.1, -0.05) is 31.5 Å². The van der Waals surface area contributed by atoms with Crippen LogP contribution in [0.3, 0.4) is 0 Å². The van der Waals surface area contributed by atoms with E-state index < -0.39 is 0 Å². The number of ether oxygens (including phenoxy) is 1. The third-order valence-corrected chi connectivity index (χ3v) is 3.14. The third kappa shape index (κ3) is 3.90. The van der Waals surface area contributed by atoms with Gasteiger partial charge in [0.2, 0.25) is 0 Å². The van der Waals surface area contributed by atoms with Gasteiger partial charge in [-0.25, -0.2) is 0 Å². The van der Waals surface area contributed by atoms with Crippen molar-refractivity contribution in [3.05, 3.63) is 28.8 Å². The molecule has 2 N–H and O–H groups in total. The lowest BCUT2D eigenvalue weighted by atomic mass is 9.81. The summed E-state index contributed by atoms with van der Waals surface area (Å²) in [4.78, 5) is 0. The summed E-state index contributed by atoms with van der Waals surface area (Å²) < 4.78 is 5.62. The van der Waals surface area contributed by atoms with Crippen molar-refractivity contribution in [1.29, 1.82) is 0 Å². The van der Waals surface area contributed by atoms with E-state index in [0.29, 0.717) is 11.6 Å². The van der Waals surface area contributed by atoms with Gasteiger partial charge >= 0.3 is 0 Å². The van der Waals surface area contributed by atoms with Crippen LogP contribution in [0.4, 0.5) is 0 Å². The zero-order chi connectivity index (χ0) is 13.1. The molecule has 0 heterocycles. The van der Waals surface area contributed by atoms with Crippen molar-refractivity contribution < 1.29 is 4.74 Å². The molecule has 0 saturated carbocycles. The fraction of sp³-hybridized carbons (Fsp3) is 0.571. The average molecular weight is 256 g/mol. The molecule has 0 radical (unpaired) electrons. The van der Waals surface area contributed by atoms with Crippen LogP contribution in [-0.2, 0) is 5.41 Å². The third-order valence-electron chi connectivity index (χ3n) is 2.85. The Kier molecular flexibility index (Phi) is 4.84. The topological polar surface area (TPSA) is 35.2 Å². The molecule has 0 aliphatic rings. The molecule has 0 amide bonds. The molecule has 0 aliphatic carbocycles. The van der Waals surface area contributed by atoms with E-state index in [9.17, 15) is 0 Å². The van der Waals surface area contributed by atoms with E-state index in [1.165, 1.54) is 5.56 Å². The van der Waals surface area contributed by atoms with Gasteiger partial charge in [-0.15, -0.1) is 0 Å². The van der Waals surface area contributed by atoms with Crippen LogP contribution >= 0.6 is 11.6 Å². The van der Waals surface area contributed by atoms with Crippen LogP contribution in [0.25, 0.3) is 0 Å². The summed E-state index contributed by atoms with van der Waals surface area (Å²) in [6, 6.07) is 5.99. The second kappa shape index (κ2) is 5.74. The largest absolute Gasteiger partial charge is 0.489 e. The lowest BCUT2D eigenvalue weighted by molar-refractivity contribution is 0.242. The normalized spacial score (nSPS) is 11.9. The monoisotopic (exact) mass is 255 g/mol. The van der Waals surface area contributed by atoms with Crippen molar-refractivity contribution in [3.8, 4) is 5.75 Å². The van der Waals surface area contributed by atoms with Crippen molar-refractivity contribution in [2.45, 2.75) is 45.6 Å². The van der Waals surface area contributed by atoms with Crippen LogP contribution in [-0.4, -0.2) is 12.6 Å². The van der Waals surface area contributed by atoms with E-state index in [1.807, 2.05) is 26.0 Å². The molecule has 17 heavy (non-hydrogen) atoms. The van der Waals surface area contributed by atoms with Gasteiger partial charge in [0, 0.05) is 0 Å². The van der Waals surface area contributed by atoms with Gasteiger partial charge in [-0.05, 0) is 49.9 Å². The Morgan fingerprint density at radius 3 is 2.47 bits per heavy atom. The molecule has 0 atom stereocenters. The van der Waals surface area contributed by atoms with Crippen LogP contribution in [0.5, 0.6) is 5.75 Å². The molecular weight excluding hydrogens is 234 g/mol. The highest BCUT2D eigenvalue weighted by Gasteiger charge is 2.20. The smallest absolute Gasteiger partial charge is 0.138 e. The Labute approximate surface area is 109 Å². The number of benzene rings is 1. The predicted octanol–water partition coefficient (Wildman–Crippen LogP) is 3.75. The molecule has 0 spiro atoms. The zero-order valence-corrected chi connectivity index (χ0v) is 11.8. The molecule has 96 valence electrons. The standard InChI is InChI=1S/C14H22ClNO/c1-10(2)17-13-6-5-11(9-12(13)15)14(3,4)7-8-16/h5-6,9-10H,7-8,16H2,1-4H3. The molecular formula is C14H22ClNO. The number of halogens is 1. The molecule has 0 bridgehead atoms. The summed E-state index contributed by atoms with van der Waals surface area (Å²) in [5.41, 5.74) is 6.88. The quantitative estimate of drug-likeness (QED) is 0.870. The first-order valence-corrected chi connectivity index (χ1v) is 6.41. The highest BCUT2D eigenvalue weighted by molar-refractivity contribution is 6.32. The Morgan fingerprint density at radius 1 is 1.35 bits per heavy atom. The first kappa shape index (κ1) is 14.3. The Hall–Kier alpha value is -0.730. The van der Waals surface area contributed by atoms with Gasteiger partial charge in [0.15, 0.2) is 0 Å². The molecule has 1 aromatic rings. The summed E-state index contributed by atoms with van der Waals surface area (Å²) in [5.74, 6) is 0.744. The molecule has 1 rings (SSSR count). The van der Waals surface area contributed by atoms with Crippen molar-refractivity contribution in [2.75, 3.05) is 6.54 Å². The van der Waals surface area contributed by atoms with E-state index in [-0.39, 0.29) is 11.5 Å². The zero-order valence-electron chi connectivity index (χ0n) is 11.1. The maximum Gasteiger partial charge on any atom is 0.138 e. The summed E-state index contributed by atoms with van der Waals surface area (Å²) in [7, 11) is 0. The van der Waals surface area contributed by atoms with Gasteiger partial charge < -0.3 is 10.5 Å². The minimum absolute atomic E-state index is 0.0503. The second-order valence-electron chi connectivity index (χ2n) is 5.23. The predicted molar refractivity (Wildman–Crippen MR) is 73.9 cm³/mol. The lowest BCUT2D eigenvalue weighted by Crippen LogP contribution is -2.21. The van der Waals surface area contributed by atoms with E-state index in [4.69, 9.17) is 22.1 Å². The molecule has 1 aromatic carbocycles. The van der Waals surface area contributed by atoms with Crippen LogP contribution in [0.1, 0.15) is 39.7 Å². The van der Waals surface area contributed by atoms with Crippen LogP contribution in [0.15, 0.2) is 18.2 Å². The van der Waals surface area contributed by atoms with E-state index >= 15 is 0 Å². The number of hydrogen-bond donors (Lipinski definition) is 1. The lowest BCUT2D eigenvalue weighted by Gasteiger charge is -2.25. The molecule has 2 nitrogen and oxygen atoms in total. The fourth-order valence-corrected chi connectivity index (χ4v) is 2.00. The first-order chi connectivity index (χ1) is 7.86. The average Bonchev–Trinajstić information content (AvgIpc) is 2.20.